The maximum atomic E-state index is 5.51. The van der Waals surface area contributed by atoms with Crippen LogP contribution in [0, 0.1) is 18.8 Å². The number of rotatable bonds is 2. The predicted octanol–water partition coefficient (Wildman–Crippen LogP) is 2.12. The lowest BCUT2D eigenvalue weighted by molar-refractivity contribution is 0.196. The van der Waals surface area contributed by atoms with E-state index in [2.05, 4.69) is 22.9 Å². The third-order valence-corrected chi connectivity index (χ3v) is 2.40. The van der Waals surface area contributed by atoms with Crippen LogP contribution in [0.15, 0.2) is 18.4 Å². The van der Waals surface area contributed by atoms with Gasteiger partial charge in [0.2, 0.25) is 0 Å². The van der Waals surface area contributed by atoms with E-state index in [9.17, 15) is 0 Å². The molecule has 82 valence electrons. The maximum absolute atomic E-state index is 5.51. The second-order valence-corrected chi connectivity index (χ2v) is 3.53. The summed E-state index contributed by atoms with van der Waals surface area (Å²) in [4.78, 5) is 9.95. The molecule has 0 aromatic carbocycles. The van der Waals surface area contributed by atoms with Crippen molar-refractivity contribution in [2.24, 2.45) is 0 Å². The van der Waals surface area contributed by atoms with Crippen molar-refractivity contribution in [3.8, 4) is 11.8 Å². The molecule has 0 N–H and O–H groups in total. The summed E-state index contributed by atoms with van der Waals surface area (Å²) >= 11 is 0. The third kappa shape index (κ3) is 2.01. The van der Waals surface area contributed by atoms with Crippen LogP contribution in [0.2, 0.25) is 0 Å². The Kier molecular flexibility index (Phi) is 3.11. The number of hydrogen-bond donors (Lipinski definition) is 0. The van der Waals surface area contributed by atoms with Crippen LogP contribution < -0.4 is 4.84 Å². The van der Waals surface area contributed by atoms with Gasteiger partial charge in [0.15, 0.2) is 0 Å². The van der Waals surface area contributed by atoms with E-state index < -0.39 is 0 Å². The molecule has 0 saturated heterocycles. The van der Waals surface area contributed by atoms with Crippen LogP contribution in [0.5, 0.6) is 0 Å². The van der Waals surface area contributed by atoms with Gasteiger partial charge in [-0.25, -0.2) is 4.98 Å². The van der Waals surface area contributed by atoms with E-state index in [1.807, 2.05) is 13.0 Å². The highest BCUT2D eigenvalue weighted by molar-refractivity contribution is 5.50. The van der Waals surface area contributed by atoms with Gasteiger partial charge >= 0.3 is 0 Å². The Labute approximate surface area is 95.4 Å². The van der Waals surface area contributed by atoms with Crippen LogP contribution in [0.3, 0.4) is 0 Å². The minimum absolute atomic E-state index is 0.866. The van der Waals surface area contributed by atoms with Crippen LogP contribution in [0.25, 0.3) is 6.08 Å². The highest BCUT2D eigenvalue weighted by atomic mass is 16.7. The van der Waals surface area contributed by atoms with Crippen molar-refractivity contribution in [3.05, 3.63) is 35.6 Å². The summed E-state index contributed by atoms with van der Waals surface area (Å²) < 4.78 is 1.77. The molecule has 1 aliphatic carbocycles. The molecule has 1 heterocycles. The molecule has 0 atom stereocenters. The molecular formula is C13H14N2O. The number of aromatic nitrogens is 2. The fraction of sp³-hybridized carbons (Fsp3) is 0.308. The summed E-state index contributed by atoms with van der Waals surface area (Å²) in [6.45, 7) is 3.73. The molecular weight excluding hydrogens is 200 g/mol. The predicted molar refractivity (Wildman–Crippen MR) is 63.5 cm³/mol. The average molecular weight is 214 g/mol. The smallest absolute Gasteiger partial charge is 0.143 e. The first-order valence-electron chi connectivity index (χ1n) is 5.32. The number of hydrogen-bond acceptors (Lipinski definition) is 2. The lowest BCUT2D eigenvalue weighted by Crippen LogP contribution is -2.12. The van der Waals surface area contributed by atoms with E-state index in [0.717, 1.165) is 30.1 Å². The second kappa shape index (κ2) is 4.71. The SMILES string of the molecule is CC#C/C=C\On1c(C)nc2c1CCC=C2. The van der Waals surface area contributed by atoms with Crippen molar-refractivity contribution in [3.63, 3.8) is 0 Å². The Bertz CT molecular complexity index is 498. The summed E-state index contributed by atoms with van der Waals surface area (Å²) in [7, 11) is 0. The van der Waals surface area contributed by atoms with Crippen LogP contribution in [-0.2, 0) is 6.42 Å². The summed E-state index contributed by atoms with van der Waals surface area (Å²) in [6, 6.07) is 0. The molecule has 16 heavy (non-hydrogen) atoms. The minimum atomic E-state index is 0.866. The summed E-state index contributed by atoms with van der Waals surface area (Å²) in [5.74, 6) is 6.45. The lowest BCUT2D eigenvalue weighted by Gasteiger charge is -2.09. The van der Waals surface area contributed by atoms with Gasteiger partial charge < -0.3 is 4.84 Å². The van der Waals surface area contributed by atoms with Gasteiger partial charge in [-0.2, -0.15) is 4.73 Å². The zero-order valence-corrected chi connectivity index (χ0v) is 9.53. The Morgan fingerprint density at radius 3 is 3.25 bits per heavy atom. The summed E-state index contributed by atoms with van der Waals surface area (Å²) in [6.07, 6.45) is 9.47. The zero-order chi connectivity index (χ0) is 11.4. The van der Waals surface area contributed by atoms with Crippen LogP contribution >= 0.6 is 0 Å². The van der Waals surface area contributed by atoms with Gasteiger partial charge in [0.25, 0.3) is 0 Å². The van der Waals surface area contributed by atoms with Crippen molar-refractivity contribution < 1.29 is 4.84 Å². The van der Waals surface area contributed by atoms with E-state index in [1.54, 1.807) is 24.0 Å². The van der Waals surface area contributed by atoms with Crippen molar-refractivity contribution in [1.82, 2.24) is 9.71 Å². The largest absolute Gasteiger partial charge is 0.381 e. The molecule has 0 amide bonds. The fourth-order valence-electron chi connectivity index (χ4n) is 1.71. The molecule has 1 aliphatic rings. The van der Waals surface area contributed by atoms with E-state index in [-0.39, 0.29) is 0 Å². The van der Waals surface area contributed by atoms with Gasteiger partial charge in [-0.1, -0.05) is 12.0 Å². The van der Waals surface area contributed by atoms with Crippen molar-refractivity contribution in [2.45, 2.75) is 26.7 Å². The highest BCUT2D eigenvalue weighted by Gasteiger charge is 2.15. The molecule has 0 fully saturated rings. The molecule has 1 aromatic heterocycles. The van der Waals surface area contributed by atoms with Gasteiger partial charge in [0, 0.05) is 6.08 Å². The van der Waals surface area contributed by atoms with Gasteiger partial charge in [-0.3, -0.25) is 0 Å². The first-order valence-corrected chi connectivity index (χ1v) is 5.32. The third-order valence-electron chi connectivity index (χ3n) is 2.40. The first-order chi connectivity index (χ1) is 7.83. The van der Waals surface area contributed by atoms with Crippen molar-refractivity contribution >= 4 is 6.08 Å². The van der Waals surface area contributed by atoms with Crippen molar-refractivity contribution in [1.29, 1.82) is 0 Å². The average Bonchev–Trinajstić information content (AvgIpc) is 2.61. The number of nitrogens with zero attached hydrogens (tertiary/aromatic N) is 2. The first kappa shape index (κ1) is 10.6. The number of aryl methyl sites for hydroxylation is 1. The Balaban J connectivity index is 2.22. The Hall–Kier alpha value is -1.95. The molecule has 0 radical (unpaired) electrons. The molecule has 2 rings (SSSR count). The molecule has 0 saturated carbocycles. The molecule has 0 bridgehead atoms. The van der Waals surface area contributed by atoms with E-state index in [4.69, 9.17) is 4.84 Å². The number of imidazole rings is 1. The fourth-order valence-corrected chi connectivity index (χ4v) is 1.71. The van der Waals surface area contributed by atoms with Crippen molar-refractivity contribution in [2.75, 3.05) is 0 Å². The Morgan fingerprint density at radius 1 is 1.56 bits per heavy atom. The van der Waals surface area contributed by atoms with Gasteiger partial charge in [0.1, 0.15) is 12.1 Å². The quantitative estimate of drug-likeness (QED) is 0.557. The van der Waals surface area contributed by atoms with E-state index in [0.29, 0.717) is 0 Å². The second-order valence-electron chi connectivity index (χ2n) is 3.53. The highest BCUT2D eigenvalue weighted by Crippen LogP contribution is 2.19. The van der Waals surface area contributed by atoms with Crippen LogP contribution in [0.4, 0.5) is 0 Å². The maximum Gasteiger partial charge on any atom is 0.143 e. The standard InChI is InChI=1S/C13H14N2O/c1-3-4-7-10-16-15-11(2)14-12-8-5-6-9-13(12)15/h5,7-8,10H,6,9H2,1-2H3/b10-7-. The zero-order valence-electron chi connectivity index (χ0n) is 9.53. The molecule has 0 aliphatic heterocycles. The minimum Gasteiger partial charge on any atom is -0.381 e. The van der Waals surface area contributed by atoms with Crippen LogP contribution in [0.1, 0.15) is 30.6 Å². The monoisotopic (exact) mass is 214 g/mol. The molecule has 1 aromatic rings. The van der Waals surface area contributed by atoms with E-state index >= 15 is 0 Å². The topological polar surface area (TPSA) is 27.1 Å². The summed E-state index contributed by atoms with van der Waals surface area (Å²) in [5.41, 5.74) is 2.15. The lowest BCUT2D eigenvalue weighted by atomic mass is 10.1. The molecule has 0 unspecified atom stereocenters. The Morgan fingerprint density at radius 2 is 2.44 bits per heavy atom. The van der Waals surface area contributed by atoms with Gasteiger partial charge in [-0.05, 0) is 32.8 Å². The number of allylic oxidation sites excluding steroid dienone is 2. The summed E-state index contributed by atoms with van der Waals surface area (Å²) in [5, 5.41) is 0. The van der Waals surface area contributed by atoms with Gasteiger partial charge in [0.05, 0.1) is 11.4 Å². The molecule has 0 spiro atoms. The molecule has 3 heteroatoms. The van der Waals surface area contributed by atoms with Gasteiger partial charge in [-0.15, -0.1) is 5.92 Å². The van der Waals surface area contributed by atoms with Crippen LogP contribution in [-0.4, -0.2) is 9.71 Å². The number of fused-ring (bicyclic) bond motifs is 1. The van der Waals surface area contributed by atoms with E-state index in [1.165, 1.54) is 0 Å². The molecule has 3 nitrogen and oxygen atoms in total. The normalized spacial score (nSPS) is 13.4.